The highest BCUT2D eigenvalue weighted by molar-refractivity contribution is 6.31. The van der Waals surface area contributed by atoms with E-state index in [1.807, 2.05) is 31.3 Å². The number of carbonyl (C=O) groups excluding carboxylic acids is 1. The van der Waals surface area contributed by atoms with Gasteiger partial charge in [-0.2, -0.15) is 0 Å². The third-order valence-electron chi connectivity index (χ3n) is 3.72. The summed E-state index contributed by atoms with van der Waals surface area (Å²) in [5.74, 6) is 0.865. The minimum atomic E-state index is 0.201. The Balaban J connectivity index is 1.80. The quantitative estimate of drug-likeness (QED) is 0.899. The zero-order valence-corrected chi connectivity index (χ0v) is 12.1. The molecule has 1 fully saturated rings. The first-order valence-corrected chi connectivity index (χ1v) is 7.22. The predicted molar refractivity (Wildman–Crippen MR) is 78.1 cm³/mol. The molecule has 1 amide bonds. The first kappa shape index (κ1) is 14.4. The molecule has 0 spiro atoms. The van der Waals surface area contributed by atoms with Gasteiger partial charge in [-0.25, -0.2) is 0 Å². The highest BCUT2D eigenvalue weighted by Crippen LogP contribution is 2.18. The Morgan fingerprint density at radius 3 is 2.95 bits per heavy atom. The summed E-state index contributed by atoms with van der Waals surface area (Å²) in [5, 5.41) is 4.05. The molecule has 1 unspecified atom stereocenters. The van der Waals surface area contributed by atoms with Gasteiger partial charge in [-0.3, -0.25) is 4.79 Å². The van der Waals surface area contributed by atoms with Gasteiger partial charge in [0.25, 0.3) is 0 Å². The van der Waals surface area contributed by atoms with Crippen LogP contribution in [0.1, 0.15) is 24.8 Å². The lowest BCUT2D eigenvalue weighted by Gasteiger charge is -2.19. The first-order valence-electron chi connectivity index (χ1n) is 6.85. The molecule has 3 nitrogen and oxygen atoms in total. The van der Waals surface area contributed by atoms with Crippen LogP contribution in [0.5, 0.6) is 0 Å². The van der Waals surface area contributed by atoms with Crippen molar-refractivity contribution in [2.24, 2.45) is 5.92 Å². The van der Waals surface area contributed by atoms with E-state index < -0.39 is 0 Å². The van der Waals surface area contributed by atoms with E-state index in [0.29, 0.717) is 18.9 Å². The van der Waals surface area contributed by atoms with Crippen molar-refractivity contribution in [1.82, 2.24) is 10.2 Å². The maximum absolute atomic E-state index is 12.1. The van der Waals surface area contributed by atoms with Crippen LogP contribution in [0.4, 0.5) is 0 Å². The predicted octanol–water partition coefficient (Wildman–Crippen LogP) is 2.69. The zero-order chi connectivity index (χ0) is 13.7. The molecule has 19 heavy (non-hydrogen) atoms. The molecule has 1 aliphatic heterocycles. The van der Waals surface area contributed by atoms with Crippen molar-refractivity contribution in [3.05, 3.63) is 34.9 Å². The molecule has 0 radical (unpaired) electrons. The molecule has 4 heteroatoms. The van der Waals surface area contributed by atoms with Crippen molar-refractivity contribution in [3.63, 3.8) is 0 Å². The van der Waals surface area contributed by atoms with Gasteiger partial charge >= 0.3 is 0 Å². The summed E-state index contributed by atoms with van der Waals surface area (Å²) in [4.78, 5) is 13.8. The van der Waals surface area contributed by atoms with E-state index in [0.717, 1.165) is 30.1 Å². The smallest absolute Gasteiger partial charge is 0.222 e. The number of nitrogens with one attached hydrogen (secondary N) is 1. The van der Waals surface area contributed by atoms with E-state index in [1.54, 1.807) is 4.90 Å². The third-order valence-corrected chi connectivity index (χ3v) is 4.09. The Hall–Kier alpha value is -1.06. The largest absolute Gasteiger partial charge is 0.341 e. The summed E-state index contributed by atoms with van der Waals surface area (Å²) >= 11 is 6.11. The Morgan fingerprint density at radius 2 is 2.26 bits per heavy atom. The van der Waals surface area contributed by atoms with Crippen LogP contribution in [0.25, 0.3) is 0 Å². The van der Waals surface area contributed by atoms with Crippen molar-refractivity contribution in [1.29, 1.82) is 0 Å². The number of amides is 1. The molecular weight excluding hydrogens is 260 g/mol. The summed E-state index contributed by atoms with van der Waals surface area (Å²) < 4.78 is 0. The number of rotatable bonds is 5. The van der Waals surface area contributed by atoms with Gasteiger partial charge in [0.15, 0.2) is 0 Å². The lowest BCUT2D eigenvalue weighted by Crippen LogP contribution is -2.26. The Labute approximate surface area is 119 Å². The molecule has 0 saturated carbocycles. The maximum atomic E-state index is 12.1. The van der Waals surface area contributed by atoms with E-state index in [9.17, 15) is 4.79 Å². The van der Waals surface area contributed by atoms with Crippen LogP contribution in [0.2, 0.25) is 5.02 Å². The number of halogens is 1. The third kappa shape index (κ3) is 4.22. The van der Waals surface area contributed by atoms with Crippen LogP contribution in [-0.2, 0) is 11.3 Å². The molecule has 0 aromatic heterocycles. The van der Waals surface area contributed by atoms with E-state index in [4.69, 9.17) is 11.6 Å². The molecular formula is C15H21ClN2O. The molecule has 0 aliphatic carbocycles. The Bertz CT molecular complexity index is 430. The molecule has 104 valence electrons. The van der Waals surface area contributed by atoms with Gasteiger partial charge in [0, 0.05) is 25.0 Å². The van der Waals surface area contributed by atoms with Crippen molar-refractivity contribution in [2.45, 2.75) is 25.8 Å². The highest BCUT2D eigenvalue weighted by Gasteiger charge is 2.17. The van der Waals surface area contributed by atoms with Crippen LogP contribution in [0.3, 0.4) is 0 Å². The zero-order valence-electron chi connectivity index (χ0n) is 11.4. The SMILES string of the molecule is CN(Cc1ccccc1Cl)C(=O)CCC1CCNC1. The van der Waals surface area contributed by atoms with E-state index in [1.165, 1.54) is 6.42 Å². The minimum absolute atomic E-state index is 0.201. The van der Waals surface area contributed by atoms with Crippen LogP contribution in [0, 0.1) is 5.92 Å². The summed E-state index contributed by atoms with van der Waals surface area (Å²) in [5.41, 5.74) is 1.00. The lowest BCUT2D eigenvalue weighted by molar-refractivity contribution is -0.130. The second-order valence-corrected chi connectivity index (χ2v) is 5.65. The van der Waals surface area contributed by atoms with Gasteiger partial charge in [-0.1, -0.05) is 29.8 Å². The Morgan fingerprint density at radius 1 is 1.47 bits per heavy atom. The van der Waals surface area contributed by atoms with Crippen molar-refractivity contribution >= 4 is 17.5 Å². The summed E-state index contributed by atoms with van der Waals surface area (Å²) in [6.07, 6.45) is 2.81. The van der Waals surface area contributed by atoms with E-state index in [2.05, 4.69) is 5.32 Å². The fourth-order valence-electron chi connectivity index (χ4n) is 2.45. The van der Waals surface area contributed by atoms with Gasteiger partial charge in [0.2, 0.25) is 5.91 Å². The van der Waals surface area contributed by atoms with Gasteiger partial charge in [0.05, 0.1) is 0 Å². The van der Waals surface area contributed by atoms with Gasteiger partial charge in [0.1, 0.15) is 0 Å². The maximum Gasteiger partial charge on any atom is 0.222 e. The van der Waals surface area contributed by atoms with Gasteiger partial charge in [-0.05, 0) is 43.5 Å². The molecule has 1 aromatic carbocycles. The monoisotopic (exact) mass is 280 g/mol. The van der Waals surface area contributed by atoms with E-state index >= 15 is 0 Å². The molecule has 0 bridgehead atoms. The number of nitrogens with zero attached hydrogens (tertiary/aromatic N) is 1. The number of carbonyl (C=O) groups is 1. The van der Waals surface area contributed by atoms with E-state index in [-0.39, 0.29) is 5.91 Å². The fraction of sp³-hybridized carbons (Fsp3) is 0.533. The van der Waals surface area contributed by atoms with Gasteiger partial charge < -0.3 is 10.2 Å². The molecule has 2 rings (SSSR count). The molecule has 1 aliphatic rings. The van der Waals surface area contributed by atoms with Crippen LogP contribution in [0.15, 0.2) is 24.3 Å². The normalized spacial score (nSPS) is 18.5. The summed E-state index contributed by atoms with van der Waals surface area (Å²) in [6, 6.07) is 7.68. The average molecular weight is 281 g/mol. The minimum Gasteiger partial charge on any atom is -0.341 e. The summed E-state index contributed by atoms with van der Waals surface area (Å²) in [6.45, 7) is 2.73. The van der Waals surface area contributed by atoms with Crippen molar-refractivity contribution in [3.8, 4) is 0 Å². The van der Waals surface area contributed by atoms with Gasteiger partial charge in [-0.15, -0.1) is 0 Å². The van der Waals surface area contributed by atoms with Crippen molar-refractivity contribution < 1.29 is 4.79 Å². The molecule has 1 N–H and O–H groups in total. The topological polar surface area (TPSA) is 32.3 Å². The standard InChI is InChI=1S/C15H21ClN2O/c1-18(11-13-4-2-3-5-14(13)16)15(19)7-6-12-8-9-17-10-12/h2-5,12,17H,6-11H2,1H3. The molecule has 1 saturated heterocycles. The number of hydrogen-bond acceptors (Lipinski definition) is 2. The highest BCUT2D eigenvalue weighted by atomic mass is 35.5. The van der Waals surface area contributed by atoms with Crippen LogP contribution in [-0.4, -0.2) is 30.9 Å². The average Bonchev–Trinajstić information content (AvgIpc) is 2.91. The molecule has 1 aromatic rings. The number of benzene rings is 1. The second kappa shape index (κ2) is 6.92. The van der Waals surface area contributed by atoms with Crippen LogP contribution < -0.4 is 5.32 Å². The van der Waals surface area contributed by atoms with Crippen LogP contribution >= 0.6 is 11.6 Å². The lowest BCUT2D eigenvalue weighted by atomic mass is 10.0. The number of hydrogen-bond donors (Lipinski definition) is 1. The Kier molecular flexibility index (Phi) is 5.23. The first-order chi connectivity index (χ1) is 9.16. The fourth-order valence-corrected chi connectivity index (χ4v) is 2.65. The molecule has 1 heterocycles. The second-order valence-electron chi connectivity index (χ2n) is 5.24. The molecule has 1 atom stereocenters. The van der Waals surface area contributed by atoms with Crippen molar-refractivity contribution in [2.75, 3.05) is 20.1 Å². The summed E-state index contributed by atoms with van der Waals surface area (Å²) in [7, 11) is 1.85.